The smallest absolute Gasteiger partial charge is 0.263 e. The molecule has 19 heavy (non-hydrogen) atoms. The fraction of sp³-hybridized carbons (Fsp3) is 0.154. The average Bonchev–Trinajstić information content (AvgIpc) is 2.33. The lowest BCUT2D eigenvalue weighted by atomic mass is 10.2. The highest BCUT2D eigenvalue weighted by atomic mass is 35.5. The van der Waals surface area contributed by atoms with Gasteiger partial charge in [0, 0.05) is 6.20 Å². The van der Waals surface area contributed by atoms with E-state index in [1.807, 2.05) is 13.0 Å². The van der Waals surface area contributed by atoms with Gasteiger partial charge in [0.25, 0.3) is 10.0 Å². The second kappa shape index (κ2) is 6.04. The maximum Gasteiger partial charge on any atom is 0.263 e. The van der Waals surface area contributed by atoms with E-state index in [2.05, 4.69) is 9.71 Å². The third-order valence-corrected chi connectivity index (χ3v) is 4.03. The van der Waals surface area contributed by atoms with Gasteiger partial charge in [0.1, 0.15) is 5.82 Å². The Balaban J connectivity index is 0.00000180. The summed E-state index contributed by atoms with van der Waals surface area (Å²) in [5, 5.41) is 0. The Morgan fingerprint density at radius 2 is 1.84 bits per heavy atom. The Bertz CT molecular complexity index is 658. The molecule has 1 heterocycles. The highest BCUT2D eigenvalue weighted by Crippen LogP contribution is 2.19. The van der Waals surface area contributed by atoms with Gasteiger partial charge in [0.15, 0.2) is 0 Å². The van der Waals surface area contributed by atoms with Crippen molar-refractivity contribution in [3.8, 4) is 0 Å². The second-order valence-corrected chi connectivity index (χ2v) is 5.74. The van der Waals surface area contributed by atoms with E-state index in [-0.39, 0.29) is 17.3 Å². The minimum absolute atomic E-state index is 0. The monoisotopic (exact) mass is 297 g/mol. The van der Waals surface area contributed by atoms with Crippen LogP contribution in [0, 0.1) is 13.8 Å². The highest BCUT2D eigenvalue weighted by molar-refractivity contribution is 7.92. The Labute approximate surface area is 119 Å². The predicted molar refractivity (Wildman–Crippen MR) is 71.0 cm³/mol. The van der Waals surface area contributed by atoms with Gasteiger partial charge in [-0.15, -0.1) is 0 Å². The molecule has 6 heteroatoms. The number of anilines is 1. The lowest BCUT2D eigenvalue weighted by Gasteiger charge is -2.10. The van der Waals surface area contributed by atoms with E-state index in [1.165, 1.54) is 0 Å². The summed E-state index contributed by atoms with van der Waals surface area (Å²) in [5.74, 6) is 0.318. The molecule has 0 radical (unpaired) electrons. The zero-order chi connectivity index (χ0) is 13.2. The van der Waals surface area contributed by atoms with E-state index in [1.54, 1.807) is 43.5 Å². The molecule has 0 aliphatic rings. The van der Waals surface area contributed by atoms with Crippen molar-refractivity contribution in [3.05, 3.63) is 53.7 Å². The van der Waals surface area contributed by atoms with Gasteiger partial charge < -0.3 is 12.4 Å². The van der Waals surface area contributed by atoms with Crippen LogP contribution in [0.2, 0.25) is 0 Å². The fourth-order valence-corrected chi connectivity index (χ4v) is 2.95. The van der Waals surface area contributed by atoms with Crippen molar-refractivity contribution in [1.82, 2.24) is 4.98 Å². The van der Waals surface area contributed by atoms with Gasteiger partial charge in [0.2, 0.25) is 0 Å². The van der Waals surface area contributed by atoms with Crippen molar-refractivity contribution in [3.63, 3.8) is 0 Å². The molecule has 0 atom stereocenters. The van der Waals surface area contributed by atoms with Crippen LogP contribution in [-0.2, 0) is 10.0 Å². The molecule has 0 amide bonds. The summed E-state index contributed by atoms with van der Waals surface area (Å²) < 4.78 is 26.9. The van der Waals surface area contributed by atoms with Gasteiger partial charge in [-0.2, -0.15) is 0 Å². The van der Waals surface area contributed by atoms with Crippen molar-refractivity contribution in [1.29, 1.82) is 0 Å². The lowest BCUT2D eigenvalue weighted by molar-refractivity contribution is -0.00000631. The molecule has 2 rings (SSSR count). The Morgan fingerprint density at radius 3 is 2.47 bits per heavy atom. The standard InChI is InChI=1S/C13H14N2O2S.ClH/c1-10-6-7-11(2)12(9-10)18(16,17)15-13-5-3-4-8-14-13;/h3-9H,1-2H3,(H,14,15);1H/p-1. The van der Waals surface area contributed by atoms with Crippen molar-refractivity contribution in [2.24, 2.45) is 0 Å². The molecule has 0 aliphatic heterocycles. The van der Waals surface area contributed by atoms with E-state index >= 15 is 0 Å². The molecule has 1 aromatic carbocycles. The third-order valence-electron chi connectivity index (χ3n) is 2.54. The van der Waals surface area contributed by atoms with Crippen LogP contribution in [-0.4, -0.2) is 13.4 Å². The number of hydrogen-bond donors (Lipinski definition) is 1. The first-order chi connectivity index (χ1) is 8.49. The van der Waals surface area contributed by atoms with Crippen LogP contribution in [0.25, 0.3) is 0 Å². The summed E-state index contributed by atoms with van der Waals surface area (Å²) in [6.07, 6.45) is 1.54. The number of nitrogens with zero attached hydrogens (tertiary/aromatic N) is 1. The molecule has 0 fully saturated rings. The van der Waals surface area contributed by atoms with Gasteiger partial charge in [-0.25, -0.2) is 13.4 Å². The van der Waals surface area contributed by atoms with Crippen molar-refractivity contribution in [2.75, 3.05) is 4.72 Å². The van der Waals surface area contributed by atoms with Crippen LogP contribution in [0.15, 0.2) is 47.5 Å². The maximum absolute atomic E-state index is 12.2. The summed E-state index contributed by atoms with van der Waals surface area (Å²) in [5.41, 5.74) is 1.62. The molecule has 0 bridgehead atoms. The normalized spacial score (nSPS) is 10.6. The molecule has 1 N–H and O–H groups in total. The summed E-state index contributed by atoms with van der Waals surface area (Å²) >= 11 is 0. The number of benzene rings is 1. The molecule has 1 aromatic heterocycles. The summed E-state index contributed by atoms with van der Waals surface area (Å²) in [7, 11) is -3.58. The summed E-state index contributed by atoms with van der Waals surface area (Å²) in [6, 6.07) is 10.4. The molecule has 0 saturated carbocycles. The van der Waals surface area contributed by atoms with E-state index < -0.39 is 10.0 Å². The SMILES string of the molecule is Cc1ccc(C)c(S(=O)(=O)Nc2ccccn2)c1.[Cl-]. The summed E-state index contributed by atoms with van der Waals surface area (Å²) in [6.45, 7) is 3.63. The average molecular weight is 298 g/mol. The quantitative estimate of drug-likeness (QED) is 0.831. The molecule has 2 aromatic rings. The first-order valence-electron chi connectivity index (χ1n) is 5.50. The number of rotatable bonds is 3. The van der Waals surface area contributed by atoms with Crippen molar-refractivity contribution >= 4 is 15.8 Å². The van der Waals surface area contributed by atoms with Gasteiger partial charge in [0.05, 0.1) is 4.90 Å². The minimum atomic E-state index is -3.58. The molecule has 4 nitrogen and oxygen atoms in total. The number of hydrogen-bond acceptors (Lipinski definition) is 3. The van der Waals surface area contributed by atoms with Gasteiger partial charge in [-0.05, 0) is 43.2 Å². The van der Waals surface area contributed by atoms with Gasteiger partial charge in [-0.3, -0.25) is 4.72 Å². The van der Waals surface area contributed by atoms with Crippen molar-refractivity contribution < 1.29 is 20.8 Å². The van der Waals surface area contributed by atoms with Crippen LogP contribution < -0.4 is 17.1 Å². The van der Waals surface area contributed by atoms with Crippen molar-refractivity contribution in [2.45, 2.75) is 18.7 Å². The Kier molecular flexibility index (Phi) is 4.91. The molecule has 0 unspecified atom stereocenters. The molecular weight excluding hydrogens is 284 g/mol. The van der Waals surface area contributed by atoms with Gasteiger partial charge >= 0.3 is 0 Å². The van der Waals surface area contributed by atoms with E-state index in [0.717, 1.165) is 5.56 Å². The maximum atomic E-state index is 12.2. The molecule has 0 saturated heterocycles. The Hall–Kier alpha value is -1.59. The molecule has 0 aliphatic carbocycles. The largest absolute Gasteiger partial charge is 1.00 e. The Morgan fingerprint density at radius 1 is 1.11 bits per heavy atom. The van der Waals surface area contributed by atoms with Gasteiger partial charge in [-0.1, -0.05) is 18.2 Å². The number of sulfonamides is 1. The minimum Gasteiger partial charge on any atom is -1.00 e. The summed E-state index contributed by atoms with van der Waals surface area (Å²) in [4.78, 5) is 4.24. The lowest BCUT2D eigenvalue weighted by Crippen LogP contribution is -3.00. The van der Waals surface area contributed by atoms with Crippen LogP contribution >= 0.6 is 0 Å². The van der Waals surface area contributed by atoms with Crippen LogP contribution in [0.3, 0.4) is 0 Å². The third kappa shape index (κ3) is 3.68. The number of nitrogens with one attached hydrogen (secondary N) is 1. The topological polar surface area (TPSA) is 59.1 Å². The first kappa shape index (κ1) is 15.5. The zero-order valence-electron chi connectivity index (χ0n) is 10.6. The first-order valence-corrected chi connectivity index (χ1v) is 6.98. The molecular formula is C13H14ClN2O2S-. The number of aromatic nitrogens is 1. The number of halogens is 1. The van der Waals surface area contributed by atoms with Crippen LogP contribution in [0.4, 0.5) is 5.82 Å². The van der Waals surface area contributed by atoms with E-state index in [9.17, 15) is 8.42 Å². The zero-order valence-corrected chi connectivity index (χ0v) is 12.2. The second-order valence-electron chi connectivity index (χ2n) is 4.09. The van der Waals surface area contributed by atoms with Crippen LogP contribution in [0.5, 0.6) is 0 Å². The molecule has 102 valence electrons. The fourth-order valence-electron chi connectivity index (χ4n) is 1.61. The number of aryl methyl sites for hydroxylation is 2. The van der Waals surface area contributed by atoms with Crippen LogP contribution in [0.1, 0.15) is 11.1 Å². The predicted octanol–water partition coefficient (Wildman–Crippen LogP) is -0.497. The molecule has 0 spiro atoms. The number of pyridine rings is 1. The van der Waals surface area contributed by atoms with E-state index in [0.29, 0.717) is 11.4 Å². The van der Waals surface area contributed by atoms with E-state index in [4.69, 9.17) is 0 Å². The highest BCUT2D eigenvalue weighted by Gasteiger charge is 2.17.